The van der Waals surface area contributed by atoms with Gasteiger partial charge < -0.3 is 9.64 Å². The molecule has 1 saturated carbocycles. The van der Waals surface area contributed by atoms with Gasteiger partial charge in [-0.25, -0.2) is 0 Å². The molecule has 0 radical (unpaired) electrons. The highest BCUT2D eigenvalue weighted by atomic mass is 16.5. The van der Waals surface area contributed by atoms with Gasteiger partial charge in [-0.05, 0) is 37.5 Å². The summed E-state index contributed by atoms with van der Waals surface area (Å²) in [5, 5.41) is 0. The molecule has 1 spiro atoms. The van der Waals surface area contributed by atoms with Crippen molar-refractivity contribution in [3.05, 3.63) is 23.8 Å². The van der Waals surface area contributed by atoms with E-state index < -0.39 is 5.41 Å². The van der Waals surface area contributed by atoms with Gasteiger partial charge in [0.1, 0.15) is 11.2 Å². The fourth-order valence-corrected chi connectivity index (χ4v) is 3.66. The molecule has 0 N–H and O–H groups in total. The van der Waals surface area contributed by atoms with Crippen molar-refractivity contribution < 1.29 is 14.3 Å². The number of amides is 1. The van der Waals surface area contributed by atoms with Crippen LogP contribution in [-0.2, 0) is 15.0 Å². The molecule has 4 nitrogen and oxygen atoms in total. The van der Waals surface area contributed by atoms with Crippen LogP contribution >= 0.6 is 0 Å². The van der Waals surface area contributed by atoms with Gasteiger partial charge in [-0.1, -0.05) is 13.3 Å². The molecule has 0 bridgehead atoms. The fraction of sp³-hybridized carbons (Fsp3) is 0.529. The molecule has 21 heavy (non-hydrogen) atoms. The number of ether oxygens (including phenoxy) is 1. The van der Waals surface area contributed by atoms with Crippen LogP contribution in [0.1, 0.15) is 44.6 Å². The van der Waals surface area contributed by atoms with Crippen LogP contribution in [0.15, 0.2) is 18.2 Å². The minimum absolute atomic E-state index is 0.0303. The van der Waals surface area contributed by atoms with Gasteiger partial charge in [-0.2, -0.15) is 0 Å². The third kappa shape index (κ3) is 1.88. The summed E-state index contributed by atoms with van der Waals surface area (Å²) < 4.78 is 5.30. The Balaban J connectivity index is 2.18. The lowest BCUT2D eigenvalue weighted by molar-refractivity contribution is -0.136. The number of hydrogen-bond donors (Lipinski definition) is 0. The number of anilines is 1. The second-order valence-electron chi connectivity index (χ2n) is 5.88. The largest absolute Gasteiger partial charge is 0.497 e. The maximum absolute atomic E-state index is 13.0. The van der Waals surface area contributed by atoms with Crippen molar-refractivity contribution in [2.45, 2.75) is 44.4 Å². The smallest absolute Gasteiger partial charge is 0.245 e. The number of benzene rings is 1. The lowest BCUT2D eigenvalue weighted by atomic mass is 9.69. The van der Waals surface area contributed by atoms with Crippen LogP contribution in [0.5, 0.6) is 5.75 Å². The molecule has 2 aliphatic rings. The van der Waals surface area contributed by atoms with E-state index in [4.69, 9.17) is 4.74 Å². The van der Waals surface area contributed by atoms with Crippen molar-refractivity contribution in [3.8, 4) is 5.75 Å². The number of carbonyl (C=O) groups is 2. The third-order valence-electron chi connectivity index (χ3n) is 4.69. The second kappa shape index (κ2) is 5.17. The molecule has 0 saturated heterocycles. The summed E-state index contributed by atoms with van der Waals surface area (Å²) in [5.74, 6) is 0.752. The first-order valence-electron chi connectivity index (χ1n) is 7.69. The summed E-state index contributed by atoms with van der Waals surface area (Å²) >= 11 is 0. The van der Waals surface area contributed by atoms with Crippen molar-refractivity contribution >= 4 is 17.4 Å². The van der Waals surface area contributed by atoms with Gasteiger partial charge >= 0.3 is 0 Å². The number of rotatable bonds is 3. The number of fused-ring (bicyclic) bond motifs is 2. The van der Waals surface area contributed by atoms with Gasteiger partial charge in [-0.15, -0.1) is 0 Å². The van der Waals surface area contributed by atoms with E-state index in [1.165, 1.54) is 0 Å². The second-order valence-corrected chi connectivity index (χ2v) is 5.88. The Bertz CT molecular complexity index is 596. The van der Waals surface area contributed by atoms with Crippen LogP contribution < -0.4 is 9.64 Å². The molecule has 1 amide bonds. The summed E-state index contributed by atoms with van der Waals surface area (Å²) in [5.41, 5.74) is 0.792. The Kier molecular flexibility index (Phi) is 3.47. The molecule has 112 valence electrons. The number of ketones is 1. The summed E-state index contributed by atoms with van der Waals surface area (Å²) in [7, 11) is 1.61. The predicted octanol–water partition coefficient (Wildman–Crippen LogP) is 2.83. The zero-order valence-corrected chi connectivity index (χ0v) is 12.6. The summed E-state index contributed by atoms with van der Waals surface area (Å²) in [6.45, 7) is 2.71. The van der Waals surface area contributed by atoms with Gasteiger partial charge in [0.25, 0.3) is 0 Å². The predicted molar refractivity (Wildman–Crippen MR) is 80.8 cm³/mol. The Morgan fingerprint density at radius 1 is 1.29 bits per heavy atom. The Labute approximate surface area is 125 Å². The van der Waals surface area contributed by atoms with E-state index in [0.29, 0.717) is 25.1 Å². The molecule has 1 unspecified atom stereocenters. The minimum atomic E-state index is -0.947. The summed E-state index contributed by atoms with van der Waals surface area (Å²) in [4.78, 5) is 27.4. The molecule has 1 aliphatic heterocycles. The highest BCUT2D eigenvalue weighted by molar-refractivity contribution is 6.22. The first-order valence-corrected chi connectivity index (χ1v) is 7.69. The van der Waals surface area contributed by atoms with Crippen LogP contribution in [0.4, 0.5) is 5.69 Å². The van der Waals surface area contributed by atoms with E-state index in [0.717, 1.165) is 30.5 Å². The van der Waals surface area contributed by atoms with Crippen LogP contribution in [0, 0.1) is 0 Å². The maximum Gasteiger partial charge on any atom is 0.245 e. The van der Waals surface area contributed by atoms with E-state index in [2.05, 4.69) is 0 Å². The molecule has 1 heterocycles. The summed E-state index contributed by atoms with van der Waals surface area (Å²) in [6.07, 6.45) is 3.82. The van der Waals surface area contributed by atoms with E-state index in [9.17, 15) is 9.59 Å². The van der Waals surface area contributed by atoms with Crippen LogP contribution in [0.3, 0.4) is 0 Å². The number of Topliss-reactive ketones (excluding diaryl/α,β-unsaturated/α-hetero) is 1. The van der Waals surface area contributed by atoms with Gasteiger partial charge in [0.15, 0.2) is 5.78 Å². The molecule has 1 atom stereocenters. The molecule has 4 heteroatoms. The van der Waals surface area contributed by atoms with Gasteiger partial charge in [0, 0.05) is 24.2 Å². The molecular formula is C17H21NO3. The van der Waals surface area contributed by atoms with E-state index in [1.54, 1.807) is 12.0 Å². The summed E-state index contributed by atoms with van der Waals surface area (Å²) in [6, 6.07) is 5.66. The zero-order chi connectivity index (χ0) is 15.0. The Morgan fingerprint density at radius 2 is 2.10 bits per heavy atom. The first-order chi connectivity index (χ1) is 10.1. The maximum atomic E-state index is 13.0. The molecule has 1 aromatic carbocycles. The number of hydrogen-bond acceptors (Lipinski definition) is 3. The monoisotopic (exact) mass is 287 g/mol. The highest BCUT2D eigenvalue weighted by Crippen LogP contribution is 2.49. The SMILES string of the molecule is CCCN1C(=O)C2(CCCCC2=O)c2cc(OC)ccc21. The first kappa shape index (κ1) is 14.1. The van der Waals surface area contributed by atoms with E-state index in [1.807, 2.05) is 25.1 Å². The standard InChI is InChI=1S/C17H21NO3/c1-3-10-18-14-8-7-12(21-2)11-13(14)17(16(18)20)9-5-4-6-15(17)19/h7-8,11H,3-6,9-10H2,1-2H3. The zero-order valence-electron chi connectivity index (χ0n) is 12.6. The lowest BCUT2D eigenvalue weighted by Gasteiger charge is -2.31. The number of carbonyl (C=O) groups excluding carboxylic acids is 2. The molecule has 1 aliphatic carbocycles. The Morgan fingerprint density at radius 3 is 2.76 bits per heavy atom. The van der Waals surface area contributed by atoms with Gasteiger partial charge in [0.2, 0.25) is 5.91 Å². The average Bonchev–Trinajstić information content (AvgIpc) is 2.73. The number of methoxy groups -OCH3 is 1. The molecule has 1 aromatic rings. The fourth-order valence-electron chi connectivity index (χ4n) is 3.66. The molecular weight excluding hydrogens is 266 g/mol. The molecule has 1 fully saturated rings. The quantitative estimate of drug-likeness (QED) is 0.803. The van der Waals surface area contributed by atoms with Crippen molar-refractivity contribution in [2.75, 3.05) is 18.6 Å². The van der Waals surface area contributed by atoms with Crippen molar-refractivity contribution in [1.82, 2.24) is 0 Å². The van der Waals surface area contributed by atoms with Crippen LogP contribution in [0.25, 0.3) is 0 Å². The van der Waals surface area contributed by atoms with Gasteiger partial charge in [0.05, 0.1) is 7.11 Å². The van der Waals surface area contributed by atoms with Crippen molar-refractivity contribution in [3.63, 3.8) is 0 Å². The van der Waals surface area contributed by atoms with E-state index in [-0.39, 0.29) is 11.7 Å². The van der Waals surface area contributed by atoms with E-state index >= 15 is 0 Å². The third-order valence-corrected chi connectivity index (χ3v) is 4.69. The van der Waals surface area contributed by atoms with Gasteiger partial charge in [-0.3, -0.25) is 9.59 Å². The van der Waals surface area contributed by atoms with Crippen LogP contribution in [0.2, 0.25) is 0 Å². The van der Waals surface area contributed by atoms with Crippen molar-refractivity contribution in [2.24, 2.45) is 0 Å². The number of nitrogens with zero attached hydrogens (tertiary/aromatic N) is 1. The Hall–Kier alpha value is -1.84. The highest BCUT2D eigenvalue weighted by Gasteiger charge is 2.56. The van der Waals surface area contributed by atoms with Crippen LogP contribution in [-0.4, -0.2) is 25.3 Å². The molecule has 3 rings (SSSR count). The molecule has 0 aromatic heterocycles. The van der Waals surface area contributed by atoms with Crippen molar-refractivity contribution in [1.29, 1.82) is 0 Å². The lowest BCUT2D eigenvalue weighted by Crippen LogP contribution is -2.48. The normalized spacial score (nSPS) is 24.6. The topological polar surface area (TPSA) is 46.6 Å². The average molecular weight is 287 g/mol. The minimum Gasteiger partial charge on any atom is -0.497 e.